The molecule has 5 aromatic rings. The molecule has 0 unspecified atom stereocenters. The summed E-state index contributed by atoms with van der Waals surface area (Å²) in [4.78, 5) is 38.2. The summed E-state index contributed by atoms with van der Waals surface area (Å²) < 4.78 is 17.5. The number of nitriles is 1. The van der Waals surface area contributed by atoms with E-state index >= 15 is 0 Å². The molecule has 0 saturated carbocycles. The zero-order valence-electron chi connectivity index (χ0n) is 24.6. The monoisotopic (exact) mass is 616 g/mol. The van der Waals surface area contributed by atoms with E-state index in [4.69, 9.17) is 25.5 Å². The SMILES string of the molecule is C[C@H](Cn1cnc2c(N)ncnc21)OCP(=O)(O)O.Cc1cc(C)c(Nc2ccnc(Nc3ccc(C#N)cc3)n2)c(C)c1. The Labute approximate surface area is 254 Å². The Balaban J connectivity index is 0.000000209. The molecule has 0 aliphatic carbocycles. The largest absolute Gasteiger partial charge is 0.382 e. The van der Waals surface area contributed by atoms with Crippen LogP contribution in [-0.2, 0) is 15.8 Å². The van der Waals surface area contributed by atoms with Crippen molar-refractivity contribution < 1.29 is 19.1 Å². The Morgan fingerprint density at radius 1 is 1.05 bits per heavy atom. The van der Waals surface area contributed by atoms with Crippen molar-refractivity contribution in [1.29, 1.82) is 5.26 Å². The van der Waals surface area contributed by atoms with Crippen LogP contribution in [0, 0.1) is 32.1 Å². The van der Waals surface area contributed by atoms with Crippen LogP contribution in [0.2, 0.25) is 0 Å². The summed E-state index contributed by atoms with van der Waals surface area (Å²) in [6, 6.07) is 15.4. The summed E-state index contributed by atoms with van der Waals surface area (Å²) >= 11 is 0. The first-order chi connectivity index (χ1) is 20.9. The van der Waals surface area contributed by atoms with Crippen LogP contribution in [0.3, 0.4) is 0 Å². The topological polar surface area (TPSA) is 210 Å². The second kappa shape index (κ2) is 14.0. The highest BCUT2D eigenvalue weighted by Gasteiger charge is 2.17. The van der Waals surface area contributed by atoms with Gasteiger partial charge in [0.15, 0.2) is 11.5 Å². The second-order valence-electron chi connectivity index (χ2n) is 10.1. The van der Waals surface area contributed by atoms with Gasteiger partial charge in [0.1, 0.15) is 24.0 Å². The molecule has 0 amide bonds. The average Bonchev–Trinajstić information content (AvgIpc) is 3.38. The molecule has 5 rings (SSSR count). The smallest absolute Gasteiger partial charge is 0.350 e. The number of aromatic nitrogens is 6. The van der Waals surface area contributed by atoms with E-state index in [1.807, 2.05) is 18.2 Å². The maximum atomic E-state index is 10.7. The minimum Gasteiger partial charge on any atom is -0.382 e. The van der Waals surface area contributed by atoms with Crippen molar-refractivity contribution in [2.75, 3.05) is 22.7 Å². The lowest BCUT2D eigenvalue weighted by Crippen LogP contribution is -2.17. The fourth-order valence-electron chi connectivity index (χ4n) is 4.34. The summed E-state index contributed by atoms with van der Waals surface area (Å²) in [5.41, 5.74) is 12.8. The number of hydrogen-bond acceptors (Lipinski definition) is 11. The van der Waals surface area contributed by atoms with Crippen LogP contribution in [0.25, 0.3) is 11.2 Å². The first kappa shape index (κ1) is 32.0. The highest BCUT2D eigenvalue weighted by Crippen LogP contribution is 2.34. The van der Waals surface area contributed by atoms with E-state index in [1.54, 1.807) is 29.8 Å². The zero-order chi connectivity index (χ0) is 31.9. The highest BCUT2D eigenvalue weighted by atomic mass is 31.2. The van der Waals surface area contributed by atoms with Gasteiger partial charge in [0.2, 0.25) is 5.95 Å². The van der Waals surface area contributed by atoms with E-state index in [9.17, 15) is 4.57 Å². The molecule has 1 atom stereocenters. The van der Waals surface area contributed by atoms with Gasteiger partial charge in [0.25, 0.3) is 0 Å². The predicted molar refractivity (Wildman–Crippen MR) is 168 cm³/mol. The van der Waals surface area contributed by atoms with Crippen molar-refractivity contribution in [2.24, 2.45) is 0 Å². The van der Waals surface area contributed by atoms with Gasteiger partial charge < -0.3 is 35.5 Å². The number of imidazole rings is 1. The Morgan fingerprint density at radius 3 is 2.41 bits per heavy atom. The number of rotatable bonds is 9. The third kappa shape index (κ3) is 8.79. The minimum absolute atomic E-state index is 0.285. The maximum Gasteiger partial charge on any atom is 0.350 e. The summed E-state index contributed by atoms with van der Waals surface area (Å²) in [7, 11) is -4.16. The molecule has 228 valence electrons. The molecule has 0 radical (unpaired) electrons. The quantitative estimate of drug-likeness (QED) is 0.142. The molecular formula is C29H33N10O4P. The molecule has 14 nitrogen and oxygen atoms in total. The number of ether oxygens (including phenoxy) is 1. The molecule has 0 aliphatic heterocycles. The van der Waals surface area contributed by atoms with Gasteiger partial charge >= 0.3 is 7.60 Å². The zero-order valence-corrected chi connectivity index (χ0v) is 25.5. The van der Waals surface area contributed by atoms with Crippen molar-refractivity contribution in [1.82, 2.24) is 29.5 Å². The molecule has 6 N–H and O–H groups in total. The van der Waals surface area contributed by atoms with E-state index in [-0.39, 0.29) is 5.82 Å². The molecule has 0 saturated heterocycles. The number of anilines is 5. The van der Waals surface area contributed by atoms with Crippen LogP contribution in [-0.4, -0.2) is 51.7 Å². The summed E-state index contributed by atoms with van der Waals surface area (Å²) in [6.45, 7) is 8.31. The Bertz CT molecular complexity index is 1810. The molecule has 3 heterocycles. The van der Waals surface area contributed by atoms with Gasteiger partial charge in [0, 0.05) is 17.6 Å². The number of nitrogens with one attached hydrogen (secondary N) is 2. The standard InChI is InChI=1S/C20H19N5.C9H14N5O4P/c1-13-10-14(2)19(15(3)11-13)24-18-8-9-22-20(25-18)23-17-6-4-16(12-21)5-7-17;1-6(18-5-19(15,16)17)2-14-4-13-7-8(10)11-3-12-9(7)14/h4-11H,1-3H3,(H2,22,23,24,25);3-4,6H,2,5H2,1H3,(H2,10,11,12)(H2,15,16,17)/t;6-/m.1/s1. The average molecular weight is 617 g/mol. The fourth-order valence-corrected chi connectivity index (χ4v) is 4.79. The van der Waals surface area contributed by atoms with Gasteiger partial charge in [-0.05, 0) is 69.2 Å². The first-order valence-electron chi connectivity index (χ1n) is 13.4. The molecular weight excluding hydrogens is 583 g/mol. The van der Waals surface area contributed by atoms with Crippen molar-refractivity contribution in [3.05, 3.63) is 83.6 Å². The summed E-state index contributed by atoms with van der Waals surface area (Å²) in [6.07, 6.45) is 3.56. The lowest BCUT2D eigenvalue weighted by atomic mass is 10.1. The van der Waals surface area contributed by atoms with Crippen LogP contribution in [0.1, 0.15) is 29.2 Å². The molecule has 0 fully saturated rings. The van der Waals surface area contributed by atoms with Crippen LogP contribution in [0.5, 0.6) is 0 Å². The molecule has 3 aromatic heterocycles. The van der Waals surface area contributed by atoms with Gasteiger partial charge in [-0.3, -0.25) is 4.57 Å². The van der Waals surface area contributed by atoms with E-state index in [0.717, 1.165) is 17.2 Å². The van der Waals surface area contributed by atoms with Crippen LogP contribution in [0.15, 0.2) is 61.3 Å². The number of fused-ring (bicyclic) bond motifs is 1. The van der Waals surface area contributed by atoms with Crippen LogP contribution < -0.4 is 16.4 Å². The Morgan fingerprint density at radius 2 is 1.75 bits per heavy atom. The molecule has 2 aromatic carbocycles. The number of nitrogen functional groups attached to an aromatic ring is 1. The van der Waals surface area contributed by atoms with Crippen LogP contribution in [0.4, 0.5) is 29.0 Å². The van der Waals surface area contributed by atoms with E-state index in [2.05, 4.69) is 74.5 Å². The third-order valence-electron chi connectivity index (χ3n) is 6.27. The number of hydrogen-bond donors (Lipinski definition) is 5. The fraction of sp³-hybridized carbons (Fsp3) is 0.241. The number of nitrogens with two attached hydrogens (primary N) is 1. The lowest BCUT2D eigenvalue weighted by molar-refractivity contribution is 0.0764. The summed E-state index contributed by atoms with van der Waals surface area (Å²) in [5, 5.41) is 15.4. The van der Waals surface area contributed by atoms with E-state index < -0.39 is 20.0 Å². The van der Waals surface area contributed by atoms with Crippen molar-refractivity contribution >= 4 is 47.7 Å². The minimum atomic E-state index is -4.16. The van der Waals surface area contributed by atoms with Gasteiger partial charge in [-0.1, -0.05) is 17.7 Å². The summed E-state index contributed by atoms with van der Waals surface area (Å²) in [5.74, 6) is 1.51. The highest BCUT2D eigenvalue weighted by molar-refractivity contribution is 7.51. The predicted octanol–water partition coefficient (Wildman–Crippen LogP) is 4.71. The first-order valence-corrected chi connectivity index (χ1v) is 15.2. The molecule has 0 bridgehead atoms. The number of nitrogens with zero attached hydrogens (tertiary/aromatic N) is 7. The van der Waals surface area contributed by atoms with Gasteiger partial charge in [-0.2, -0.15) is 10.2 Å². The van der Waals surface area contributed by atoms with Gasteiger partial charge in [-0.25, -0.2) is 19.9 Å². The maximum absolute atomic E-state index is 10.7. The normalized spacial score (nSPS) is 11.8. The van der Waals surface area contributed by atoms with Crippen molar-refractivity contribution in [3.63, 3.8) is 0 Å². The molecule has 0 spiro atoms. The van der Waals surface area contributed by atoms with Crippen molar-refractivity contribution in [2.45, 2.75) is 40.3 Å². The molecule has 15 heteroatoms. The third-order valence-corrected chi connectivity index (χ3v) is 6.75. The Hall–Kier alpha value is -4.93. The molecule has 0 aliphatic rings. The van der Waals surface area contributed by atoms with Crippen LogP contribution >= 0.6 is 7.60 Å². The van der Waals surface area contributed by atoms with E-state index in [1.165, 1.54) is 29.3 Å². The molecule has 44 heavy (non-hydrogen) atoms. The number of benzene rings is 2. The lowest BCUT2D eigenvalue weighted by Gasteiger charge is -2.14. The van der Waals surface area contributed by atoms with Gasteiger partial charge in [0.05, 0.1) is 30.6 Å². The number of aryl methyl sites for hydroxylation is 3. The van der Waals surface area contributed by atoms with Gasteiger partial charge in [-0.15, -0.1) is 0 Å². The second-order valence-corrected chi connectivity index (χ2v) is 11.7. The Kier molecular flexibility index (Phi) is 10.2. The van der Waals surface area contributed by atoms with E-state index in [0.29, 0.717) is 29.2 Å². The van der Waals surface area contributed by atoms with Crippen molar-refractivity contribution in [3.8, 4) is 6.07 Å².